The van der Waals surface area contributed by atoms with Crippen molar-refractivity contribution in [2.24, 2.45) is 0 Å². The SMILES string of the molecule is CC[C@H]1CN(C(=O)Nc2ccc(F)c(C)c2)CCN1. The Morgan fingerprint density at radius 1 is 1.58 bits per heavy atom. The molecule has 1 aliphatic heterocycles. The number of piperazine rings is 1. The molecule has 1 atom stereocenters. The maximum Gasteiger partial charge on any atom is 0.321 e. The third-order valence-corrected chi connectivity index (χ3v) is 3.44. The molecule has 0 spiro atoms. The molecule has 2 rings (SSSR count). The molecule has 0 radical (unpaired) electrons. The number of halogens is 1. The number of benzene rings is 1. The van der Waals surface area contributed by atoms with Gasteiger partial charge in [0.15, 0.2) is 0 Å². The summed E-state index contributed by atoms with van der Waals surface area (Å²) in [5, 5.41) is 6.18. The zero-order chi connectivity index (χ0) is 13.8. The van der Waals surface area contributed by atoms with Crippen LogP contribution in [0, 0.1) is 12.7 Å². The van der Waals surface area contributed by atoms with Gasteiger partial charge in [-0.3, -0.25) is 0 Å². The minimum atomic E-state index is -0.258. The van der Waals surface area contributed by atoms with E-state index < -0.39 is 0 Å². The summed E-state index contributed by atoms with van der Waals surface area (Å²) in [4.78, 5) is 13.9. The Morgan fingerprint density at radius 2 is 2.37 bits per heavy atom. The van der Waals surface area contributed by atoms with Gasteiger partial charge in [0, 0.05) is 31.4 Å². The molecule has 1 saturated heterocycles. The van der Waals surface area contributed by atoms with Crippen molar-refractivity contribution in [2.75, 3.05) is 25.0 Å². The molecule has 1 aromatic carbocycles. The Hall–Kier alpha value is -1.62. The Labute approximate surface area is 113 Å². The second-order valence-electron chi connectivity index (χ2n) is 4.90. The maximum absolute atomic E-state index is 13.2. The molecular weight excluding hydrogens is 245 g/mol. The van der Waals surface area contributed by atoms with E-state index in [0.717, 1.165) is 13.0 Å². The minimum Gasteiger partial charge on any atom is -0.322 e. The second kappa shape index (κ2) is 6.02. The van der Waals surface area contributed by atoms with Crippen LogP contribution < -0.4 is 10.6 Å². The van der Waals surface area contributed by atoms with E-state index in [9.17, 15) is 9.18 Å². The smallest absolute Gasteiger partial charge is 0.321 e. The molecule has 1 aromatic rings. The number of carbonyl (C=O) groups is 1. The fourth-order valence-corrected chi connectivity index (χ4v) is 2.21. The van der Waals surface area contributed by atoms with Crippen LogP contribution in [0.15, 0.2) is 18.2 Å². The van der Waals surface area contributed by atoms with E-state index in [1.54, 1.807) is 24.0 Å². The third kappa shape index (κ3) is 3.44. The van der Waals surface area contributed by atoms with E-state index in [2.05, 4.69) is 17.6 Å². The first-order valence-electron chi connectivity index (χ1n) is 6.65. The average molecular weight is 265 g/mol. The molecule has 0 bridgehead atoms. The number of urea groups is 1. The largest absolute Gasteiger partial charge is 0.322 e. The van der Waals surface area contributed by atoms with E-state index in [-0.39, 0.29) is 11.8 Å². The lowest BCUT2D eigenvalue weighted by molar-refractivity contribution is 0.188. The Morgan fingerprint density at radius 3 is 3.05 bits per heavy atom. The summed E-state index contributed by atoms with van der Waals surface area (Å²) in [6.07, 6.45) is 0.999. The number of rotatable bonds is 2. The first-order chi connectivity index (χ1) is 9.10. The summed E-state index contributed by atoms with van der Waals surface area (Å²) in [7, 11) is 0. The predicted molar refractivity (Wildman–Crippen MR) is 73.8 cm³/mol. The van der Waals surface area contributed by atoms with Crippen LogP contribution in [0.3, 0.4) is 0 Å². The highest BCUT2D eigenvalue weighted by Gasteiger charge is 2.21. The van der Waals surface area contributed by atoms with Gasteiger partial charge in [-0.2, -0.15) is 0 Å². The van der Waals surface area contributed by atoms with Crippen LogP contribution in [0.25, 0.3) is 0 Å². The zero-order valence-corrected chi connectivity index (χ0v) is 11.4. The van der Waals surface area contributed by atoms with Crippen LogP contribution in [0.5, 0.6) is 0 Å². The summed E-state index contributed by atoms with van der Waals surface area (Å²) in [6, 6.07) is 4.84. The number of amides is 2. The van der Waals surface area contributed by atoms with Gasteiger partial charge in [-0.15, -0.1) is 0 Å². The second-order valence-corrected chi connectivity index (χ2v) is 4.90. The van der Waals surface area contributed by atoms with Crippen molar-refractivity contribution in [1.29, 1.82) is 0 Å². The lowest BCUT2D eigenvalue weighted by Gasteiger charge is -2.33. The Bertz CT molecular complexity index is 464. The summed E-state index contributed by atoms with van der Waals surface area (Å²) >= 11 is 0. The van der Waals surface area contributed by atoms with Crippen molar-refractivity contribution in [3.8, 4) is 0 Å². The van der Waals surface area contributed by atoms with Gasteiger partial charge in [0.25, 0.3) is 0 Å². The molecular formula is C14H20FN3O. The van der Waals surface area contributed by atoms with Gasteiger partial charge in [-0.1, -0.05) is 6.92 Å². The number of carbonyl (C=O) groups excluding carboxylic acids is 1. The highest BCUT2D eigenvalue weighted by atomic mass is 19.1. The van der Waals surface area contributed by atoms with Crippen LogP contribution in [0.4, 0.5) is 14.9 Å². The number of hydrogen-bond acceptors (Lipinski definition) is 2. The van der Waals surface area contributed by atoms with Gasteiger partial charge in [0.1, 0.15) is 5.82 Å². The van der Waals surface area contributed by atoms with Crippen LogP contribution in [-0.2, 0) is 0 Å². The van der Waals surface area contributed by atoms with Crippen molar-refractivity contribution in [1.82, 2.24) is 10.2 Å². The van der Waals surface area contributed by atoms with E-state index in [4.69, 9.17) is 0 Å². The van der Waals surface area contributed by atoms with Crippen LogP contribution in [0.2, 0.25) is 0 Å². The number of hydrogen-bond donors (Lipinski definition) is 2. The maximum atomic E-state index is 13.2. The van der Waals surface area contributed by atoms with Gasteiger partial charge in [-0.25, -0.2) is 9.18 Å². The van der Waals surface area contributed by atoms with Gasteiger partial charge in [0.2, 0.25) is 0 Å². The van der Waals surface area contributed by atoms with E-state index in [1.807, 2.05) is 0 Å². The molecule has 0 saturated carbocycles. The molecule has 5 heteroatoms. The Kier molecular flexibility index (Phi) is 4.37. The van der Waals surface area contributed by atoms with Crippen LogP contribution >= 0.6 is 0 Å². The number of aryl methyl sites for hydroxylation is 1. The average Bonchev–Trinajstić information content (AvgIpc) is 2.43. The van der Waals surface area contributed by atoms with Crippen molar-refractivity contribution >= 4 is 11.7 Å². The van der Waals surface area contributed by atoms with Gasteiger partial charge in [-0.05, 0) is 37.1 Å². The standard InChI is InChI=1S/C14H20FN3O/c1-3-11-9-18(7-6-16-11)14(19)17-12-4-5-13(15)10(2)8-12/h4-5,8,11,16H,3,6-7,9H2,1-2H3,(H,17,19)/t11-/m0/s1. The topological polar surface area (TPSA) is 44.4 Å². The monoisotopic (exact) mass is 265 g/mol. The normalized spacial score (nSPS) is 19.3. The number of nitrogens with zero attached hydrogens (tertiary/aromatic N) is 1. The molecule has 0 aromatic heterocycles. The molecule has 0 aliphatic carbocycles. The number of nitrogens with one attached hydrogen (secondary N) is 2. The summed E-state index contributed by atoms with van der Waals surface area (Å²) in [6.45, 7) is 6.00. The predicted octanol–water partition coefficient (Wildman–Crippen LogP) is 2.35. The lowest BCUT2D eigenvalue weighted by Crippen LogP contribution is -2.53. The van der Waals surface area contributed by atoms with E-state index in [1.165, 1.54) is 6.07 Å². The lowest BCUT2D eigenvalue weighted by atomic mass is 10.1. The molecule has 4 nitrogen and oxygen atoms in total. The van der Waals surface area contributed by atoms with Crippen molar-refractivity contribution in [3.63, 3.8) is 0 Å². The van der Waals surface area contributed by atoms with E-state index in [0.29, 0.717) is 30.4 Å². The highest BCUT2D eigenvalue weighted by Crippen LogP contribution is 2.14. The van der Waals surface area contributed by atoms with Crippen molar-refractivity contribution in [2.45, 2.75) is 26.3 Å². The van der Waals surface area contributed by atoms with Crippen molar-refractivity contribution in [3.05, 3.63) is 29.6 Å². The number of anilines is 1. The highest BCUT2D eigenvalue weighted by molar-refractivity contribution is 5.89. The first kappa shape index (κ1) is 13.8. The quantitative estimate of drug-likeness (QED) is 0.862. The molecule has 19 heavy (non-hydrogen) atoms. The van der Waals surface area contributed by atoms with Gasteiger partial charge < -0.3 is 15.5 Å². The minimum absolute atomic E-state index is 0.119. The van der Waals surface area contributed by atoms with Crippen LogP contribution in [-0.4, -0.2) is 36.6 Å². The molecule has 0 unspecified atom stereocenters. The summed E-state index contributed by atoms with van der Waals surface area (Å²) in [5.41, 5.74) is 1.17. The fourth-order valence-electron chi connectivity index (χ4n) is 2.21. The molecule has 2 amide bonds. The first-order valence-corrected chi connectivity index (χ1v) is 6.65. The summed E-state index contributed by atoms with van der Waals surface area (Å²) in [5.74, 6) is -0.258. The van der Waals surface area contributed by atoms with Crippen LogP contribution in [0.1, 0.15) is 18.9 Å². The molecule has 104 valence electrons. The molecule has 1 fully saturated rings. The van der Waals surface area contributed by atoms with Gasteiger partial charge >= 0.3 is 6.03 Å². The fraction of sp³-hybridized carbons (Fsp3) is 0.500. The summed E-state index contributed by atoms with van der Waals surface area (Å²) < 4.78 is 13.2. The molecule has 2 N–H and O–H groups in total. The molecule has 1 heterocycles. The Balaban J connectivity index is 1.98. The molecule has 1 aliphatic rings. The van der Waals surface area contributed by atoms with Gasteiger partial charge in [0.05, 0.1) is 0 Å². The van der Waals surface area contributed by atoms with Crippen molar-refractivity contribution < 1.29 is 9.18 Å². The van der Waals surface area contributed by atoms with E-state index >= 15 is 0 Å². The zero-order valence-electron chi connectivity index (χ0n) is 11.4. The third-order valence-electron chi connectivity index (χ3n) is 3.44.